The van der Waals surface area contributed by atoms with E-state index in [1.165, 1.54) is 10.9 Å². The summed E-state index contributed by atoms with van der Waals surface area (Å²) in [4.78, 5) is 17.8. The molecule has 3 aromatic rings. The molecule has 3 rings (SSSR count). The van der Waals surface area contributed by atoms with Crippen LogP contribution in [0, 0.1) is 0 Å². The fourth-order valence-electron chi connectivity index (χ4n) is 2.98. The van der Waals surface area contributed by atoms with Crippen molar-refractivity contribution in [3.05, 3.63) is 59.8 Å². The average Bonchev–Trinajstić information content (AvgIpc) is 3.07. The number of rotatable bonds is 6. The SMILES string of the molecule is COc1cccc(OC)c1C(=O)N(C)CCc1c[nH]c2ccccc12. The number of ether oxygens (including phenoxy) is 2. The summed E-state index contributed by atoms with van der Waals surface area (Å²) in [6.07, 6.45) is 2.77. The lowest BCUT2D eigenvalue weighted by molar-refractivity contribution is 0.0790. The average molecular weight is 338 g/mol. The van der Waals surface area contributed by atoms with Gasteiger partial charge in [0.05, 0.1) is 14.2 Å². The van der Waals surface area contributed by atoms with Crippen molar-refractivity contribution in [1.82, 2.24) is 9.88 Å². The Balaban J connectivity index is 1.77. The lowest BCUT2D eigenvalue weighted by Crippen LogP contribution is -2.29. The molecule has 5 heteroatoms. The molecule has 1 aromatic heterocycles. The molecule has 0 radical (unpaired) electrons. The first-order valence-corrected chi connectivity index (χ1v) is 8.17. The summed E-state index contributed by atoms with van der Waals surface area (Å²) < 4.78 is 10.7. The standard InChI is InChI=1S/C20H22N2O3/c1-22(12-11-14-13-21-16-8-5-4-7-15(14)16)20(23)19-17(24-2)9-6-10-18(19)25-3/h4-10,13,21H,11-12H2,1-3H3. The quantitative estimate of drug-likeness (QED) is 0.748. The topological polar surface area (TPSA) is 54.6 Å². The number of amides is 1. The fraction of sp³-hybridized carbons (Fsp3) is 0.250. The van der Waals surface area contributed by atoms with Crippen molar-refractivity contribution in [2.75, 3.05) is 27.8 Å². The van der Waals surface area contributed by atoms with Crippen LogP contribution in [-0.4, -0.2) is 43.6 Å². The van der Waals surface area contributed by atoms with E-state index in [0.717, 1.165) is 11.9 Å². The molecule has 0 aliphatic rings. The highest BCUT2D eigenvalue weighted by Crippen LogP contribution is 2.29. The number of carbonyl (C=O) groups is 1. The third-order valence-electron chi connectivity index (χ3n) is 4.38. The summed E-state index contributed by atoms with van der Waals surface area (Å²) >= 11 is 0. The van der Waals surface area contributed by atoms with Gasteiger partial charge in [-0.3, -0.25) is 4.79 Å². The Morgan fingerprint density at radius 3 is 2.40 bits per heavy atom. The number of H-pyrrole nitrogens is 1. The van der Waals surface area contributed by atoms with Gasteiger partial charge in [0.25, 0.3) is 5.91 Å². The highest BCUT2D eigenvalue weighted by Gasteiger charge is 2.21. The van der Waals surface area contributed by atoms with Gasteiger partial charge in [0.2, 0.25) is 0 Å². The van der Waals surface area contributed by atoms with Crippen LogP contribution in [0.15, 0.2) is 48.7 Å². The maximum atomic E-state index is 12.9. The van der Waals surface area contributed by atoms with Crippen LogP contribution in [0.3, 0.4) is 0 Å². The van der Waals surface area contributed by atoms with E-state index >= 15 is 0 Å². The second kappa shape index (κ2) is 7.30. The molecule has 0 saturated carbocycles. The predicted molar refractivity (Wildman–Crippen MR) is 98.5 cm³/mol. The van der Waals surface area contributed by atoms with Crippen molar-refractivity contribution < 1.29 is 14.3 Å². The molecule has 1 N–H and O–H groups in total. The molecule has 0 fully saturated rings. The molecule has 25 heavy (non-hydrogen) atoms. The van der Waals surface area contributed by atoms with E-state index in [-0.39, 0.29) is 5.91 Å². The Morgan fingerprint density at radius 1 is 1.04 bits per heavy atom. The van der Waals surface area contributed by atoms with Gasteiger partial charge in [0.15, 0.2) is 0 Å². The van der Waals surface area contributed by atoms with E-state index in [1.807, 2.05) is 24.4 Å². The van der Waals surface area contributed by atoms with Crippen LogP contribution >= 0.6 is 0 Å². The minimum atomic E-state index is -0.117. The third kappa shape index (κ3) is 3.31. The second-order valence-corrected chi connectivity index (χ2v) is 5.87. The molecule has 1 amide bonds. The van der Waals surface area contributed by atoms with Crippen molar-refractivity contribution in [1.29, 1.82) is 0 Å². The number of likely N-dealkylation sites (N-methyl/N-ethyl adjacent to an activating group) is 1. The van der Waals surface area contributed by atoms with Gasteiger partial charge in [-0.25, -0.2) is 0 Å². The largest absolute Gasteiger partial charge is 0.496 e. The van der Waals surface area contributed by atoms with Crippen LogP contribution in [-0.2, 0) is 6.42 Å². The zero-order valence-electron chi connectivity index (χ0n) is 14.7. The third-order valence-corrected chi connectivity index (χ3v) is 4.38. The number of methoxy groups -OCH3 is 2. The number of para-hydroxylation sites is 1. The van der Waals surface area contributed by atoms with Crippen molar-refractivity contribution in [2.45, 2.75) is 6.42 Å². The fourth-order valence-corrected chi connectivity index (χ4v) is 2.98. The monoisotopic (exact) mass is 338 g/mol. The second-order valence-electron chi connectivity index (χ2n) is 5.87. The van der Waals surface area contributed by atoms with Gasteiger partial charge in [0, 0.05) is 30.7 Å². The highest BCUT2D eigenvalue weighted by molar-refractivity contribution is 5.99. The van der Waals surface area contributed by atoms with Crippen molar-refractivity contribution in [3.63, 3.8) is 0 Å². The van der Waals surface area contributed by atoms with Crippen molar-refractivity contribution >= 4 is 16.8 Å². The molecule has 5 nitrogen and oxygen atoms in total. The molecule has 0 atom stereocenters. The summed E-state index contributed by atoms with van der Waals surface area (Å²) in [5.74, 6) is 0.917. The van der Waals surface area contributed by atoms with Gasteiger partial charge >= 0.3 is 0 Å². The smallest absolute Gasteiger partial charge is 0.261 e. The first kappa shape index (κ1) is 16.9. The molecule has 0 aliphatic heterocycles. The summed E-state index contributed by atoms with van der Waals surface area (Å²) in [6.45, 7) is 0.599. The van der Waals surface area contributed by atoms with Crippen molar-refractivity contribution in [3.8, 4) is 11.5 Å². The molecule has 2 aromatic carbocycles. The summed E-state index contributed by atoms with van der Waals surface area (Å²) in [7, 11) is 4.90. The summed E-state index contributed by atoms with van der Waals surface area (Å²) in [6, 6.07) is 13.5. The van der Waals surface area contributed by atoms with Crippen LogP contribution in [0.5, 0.6) is 11.5 Å². The highest BCUT2D eigenvalue weighted by atomic mass is 16.5. The van der Waals surface area contributed by atoms with Crippen LogP contribution in [0.25, 0.3) is 10.9 Å². The van der Waals surface area contributed by atoms with E-state index in [9.17, 15) is 4.79 Å². The van der Waals surface area contributed by atoms with Gasteiger partial charge in [0.1, 0.15) is 17.1 Å². The minimum Gasteiger partial charge on any atom is -0.496 e. The zero-order chi connectivity index (χ0) is 17.8. The predicted octanol–water partition coefficient (Wildman–Crippen LogP) is 3.50. The van der Waals surface area contributed by atoms with Crippen LogP contribution in [0.2, 0.25) is 0 Å². The normalized spacial score (nSPS) is 10.7. The lowest BCUT2D eigenvalue weighted by atomic mass is 10.1. The van der Waals surface area contributed by atoms with E-state index in [0.29, 0.717) is 23.6 Å². The Morgan fingerprint density at radius 2 is 1.72 bits per heavy atom. The maximum Gasteiger partial charge on any atom is 0.261 e. The van der Waals surface area contributed by atoms with E-state index < -0.39 is 0 Å². The summed E-state index contributed by atoms with van der Waals surface area (Å²) in [5.41, 5.74) is 2.76. The Bertz CT molecular complexity index is 863. The molecule has 0 aliphatic carbocycles. The number of nitrogens with one attached hydrogen (secondary N) is 1. The molecular formula is C20H22N2O3. The first-order valence-electron chi connectivity index (χ1n) is 8.17. The number of benzene rings is 2. The molecule has 0 saturated heterocycles. The van der Waals surface area contributed by atoms with Crippen molar-refractivity contribution in [2.24, 2.45) is 0 Å². The van der Waals surface area contributed by atoms with E-state index in [4.69, 9.17) is 9.47 Å². The Kier molecular flexibility index (Phi) is 4.93. The number of aromatic amines is 1. The number of carbonyl (C=O) groups excluding carboxylic acids is 1. The lowest BCUT2D eigenvalue weighted by Gasteiger charge is -2.20. The molecule has 0 bridgehead atoms. The number of fused-ring (bicyclic) bond motifs is 1. The molecule has 1 heterocycles. The number of aromatic nitrogens is 1. The Labute approximate surface area is 147 Å². The number of hydrogen-bond acceptors (Lipinski definition) is 3. The summed E-state index contributed by atoms with van der Waals surface area (Å²) in [5, 5.41) is 1.19. The molecule has 130 valence electrons. The van der Waals surface area contributed by atoms with E-state index in [1.54, 1.807) is 44.4 Å². The van der Waals surface area contributed by atoms with Gasteiger partial charge in [-0.2, -0.15) is 0 Å². The van der Waals surface area contributed by atoms with Crippen LogP contribution in [0.4, 0.5) is 0 Å². The molecule has 0 unspecified atom stereocenters. The molecule has 0 spiro atoms. The van der Waals surface area contributed by atoms with Gasteiger partial charge in [-0.1, -0.05) is 24.3 Å². The zero-order valence-corrected chi connectivity index (χ0v) is 14.7. The first-order chi connectivity index (χ1) is 12.2. The number of nitrogens with zero attached hydrogens (tertiary/aromatic N) is 1. The van der Waals surface area contributed by atoms with Crippen LogP contribution < -0.4 is 9.47 Å². The Hall–Kier alpha value is -2.95. The van der Waals surface area contributed by atoms with E-state index in [2.05, 4.69) is 11.1 Å². The van der Waals surface area contributed by atoms with Crippen LogP contribution in [0.1, 0.15) is 15.9 Å². The van der Waals surface area contributed by atoms with Gasteiger partial charge in [-0.05, 0) is 30.2 Å². The number of hydrogen-bond donors (Lipinski definition) is 1. The van der Waals surface area contributed by atoms with Gasteiger partial charge in [-0.15, -0.1) is 0 Å². The maximum absolute atomic E-state index is 12.9. The van der Waals surface area contributed by atoms with Gasteiger partial charge < -0.3 is 19.4 Å². The molecular weight excluding hydrogens is 316 g/mol. The minimum absolute atomic E-state index is 0.117.